The first-order valence-corrected chi connectivity index (χ1v) is 11.2. The largest absolute Gasteiger partial charge is 0.372 e. The van der Waals surface area contributed by atoms with Crippen LogP contribution in [0.4, 0.5) is 0 Å². The molecule has 0 aliphatic carbocycles. The lowest BCUT2D eigenvalue weighted by molar-refractivity contribution is 0.137. The lowest BCUT2D eigenvalue weighted by Gasteiger charge is -2.17. The molecular weight excluding hydrogens is 504 g/mol. The van der Waals surface area contributed by atoms with Crippen molar-refractivity contribution in [2.75, 3.05) is 7.11 Å². The number of halogens is 2. The van der Waals surface area contributed by atoms with Gasteiger partial charge in [-0.1, -0.05) is 82.7 Å². The predicted octanol–water partition coefficient (Wildman–Crippen LogP) is 7.42. The van der Waals surface area contributed by atoms with E-state index in [0.29, 0.717) is 0 Å². The number of methoxy groups -OCH3 is 1. The maximum Gasteiger partial charge on any atom is 0.111 e. The number of aromatic nitrogens is 2. The van der Waals surface area contributed by atoms with Crippen molar-refractivity contribution < 1.29 is 4.74 Å². The van der Waals surface area contributed by atoms with Gasteiger partial charge in [-0.05, 0) is 33.6 Å². The standard InChI is InChI=1S/C25H18Br2N2O/c1-30-25(17-11-13-18(26)14-12-17)21-15-28-29-23(16-7-3-2-4-8-16)22(27)19-9-5-6-10-20(19)24(21)29/h2-15,25H,1H3. The topological polar surface area (TPSA) is 26.5 Å². The average molecular weight is 522 g/mol. The molecule has 0 fully saturated rings. The molecule has 3 nitrogen and oxygen atoms in total. The first kappa shape index (κ1) is 19.5. The Bertz CT molecular complexity index is 1340. The van der Waals surface area contributed by atoms with Crippen LogP contribution in [0.2, 0.25) is 0 Å². The number of rotatable bonds is 4. The molecule has 0 saturated heterocycles. The molecule has 5 heteroatoms. The highest BCUT2D eigenvalue weighted by molar-refractivity contribution is 9.11. The molecule has 3 aromatic carbocycles. The maximum atomic E-state index is 5.97. The van der Waals surface area contributed by atoms with E-state index >= 15 is 0 Å². The monoisotopic (exact) mass is 520 g/mol. The highest BCUT2D eigenvalue weighted by Crippen LogP contribution is 2.40. The van der Waals surface area contributed by atoms with Crippen molar-refractivity contribution in [1.82, 2.24) is 9.61 Å². The molecule has 0 saturated carbocycles. The molecule has 5 rings (SSSR count). The van der Waals surface area contributed by atoms with E-state index in [0.717, 1.165) is 47.6 Å². The molecule has 2 aromatic heterocycles. The van der Waals surface area contributed by atoms with Gasteiger partial charge in [0.25, 0.3) is 0 Å². The zero-order chi connectivity index (χ0) is 20.7. The van der Waals surface area contributed by atoms with E-state index in [1.54, 1.807) is 7.11 Å². The number of hydrogen-bond donors (Lipinski definition) is 0. The van der Waals surface area contributed by atoms with Gasteiger partial charge >= 0.3 is 0 Å². The van der Waals surface area contributed by atoms with Crippen molar-refractivity contribution in [3.8, 4) is 11.3 Å². The fraction of sp³-hybridized carbons (Fsp3) is 0.0800. The number of benzene rings is 3. The minimum absolute atomic E-state index is 0.219. The molecule has 0 bridgehead atoms. The second-order valence-corrected chi connectivity index (χ2v) is 8.81. The second kappa shape index (κ2) is 7.99. The van der Waals surface area contributed by atoms with Gasteiger partial charge in [-0.25, -0.2) is 4.52 Å². The van der Waals surface area contributed by atoms with E-state index in [1.165, 1.54) is 0 Å². The van der Waals surface area contributed by atoms with E-state index in [-0.39, 0.29) is 6.10 Å². The molecule has 2 heterocycles. The van der Waals surface area contributed by atoms with Gasteiger partial charge in [0.05, 0.1) is 21.9 Å². The minimum Gasteiger partial charge on any atom is -0.372 e. The normalized spacial score (nSPS) is 12.5. The Morgan fingerprint density at radius 3 is 2.20 bits per heavy atom. The molecule has 0 aliphatic rings. The van der Waals surface area contributed by atoms with Crippen LogP contribution < -0.4 is 0 Å². The Balaban J connectivity index is 1.86. The smallest absolute Gasteiger partial charge is 0.111 e. The number of ether oxygens (including phenoxy) is 1. The van der Waals surface area contributed by atoms with Crippen LogP contribution in [-0.4, -0.2) is 16.7 Å². The Hall–Kier alpha value is -2.47. The van der Waals surface area contributed by atoms with Crippen LogP contribution in [-0.2, 0) is 4.74 Å². The quantitative estimate of drug-likeness (QED) is 0.246. The Morgan fingerprint density at radius 2 is 1.50 bits per heavy atom. The third kappa shape index (κ3) is 3.18. The molecule has 148 valence electrons. The molecule has 0 spiro atoms. The van der Waals surface area contributed by atoms with Crippen LogP contribution in [0.1, 0.15) is 17.2 Å². The summed E-state index contributed by atoms with van der Waals surface area (Å²) in [5, 5.41) is 7.10. The van der Waals surface area contributed by atoms with Gasteiger partial charge in [-0.3, -0.25) is 0 Å². The molecule has 5 aromatic rings. The minimum atomic E-state index is -0.219. The lowest BCUT2D eigenvalue weighted by atomic mass is 9.99. The average Bonchev–Trinajstić information content (AvgIpc) is 3.21. The summed E-state index contributed by atoms with van der Waals surface area (Å²) < 4.78 is 10.1. The third-order valence-electron chi connectivity index (χ3n) is 5.37. The van der Waals surface area contributed by atoms with Gasteiger partial charge in [-0.15, -0.1) is 0 Å². The van der Waals surface area contributed by atoms with Crippen molar-refractivity contribution in [3.05, 3.63) is 105 Å². The molecule has 30 heavy (non-hydrogen) atoms. The van der Waals surface area contributed by atoms with Crippen LogP contribution in [0.3, 0.4) is 0 Å². The molecule has 1 unspecified atom stereocenters. The second-order valence-electron chi connectivity index (χ2n) is 7.10. The van der Waals surface area contributed by atoms with Gasteiger partial charge in [0.2, 0.25) is 0 Å². The highest BCUT2D eigenvalue weighted by Gasteiger charge is 2.23. The van der Waals surface area contributed by atoms with Gasteiger partial charge in [-0.2, -0.15) is 5.10 Å². The van der Waals surface area contributed by atoms with Crippen LogP contribution in [0.25, 0.3) is 27.5 Å². The number of pyridine rings is 1. The van der Waals surface area contributed by atoms with Crippen molar-refractivity contribution in [2.24, 2.45) is 0 Å². The summed E-state index contributed by atoms with van der Waals surface area (Å²) in [6.45, 7) is 0. The zero-order valence-electron chi connectivity index (χ0n) is 16.2. The molecule has 1 atom stereocenters. The zero-order valence-corrected chi connectivity index (χ0v) is 19.4. The van der Waals surface area contributed by atoms with E-state index in [2.05, 4.69) is 80.4 Å². The fourth-order valence-corrected chi connectivity index (χ4v) is 5.03. The van der Waals surface area contributed by atoms with Crippen LogP contribution in [0.5, 0.6) is 0 Å². The van der Waals surface area contributed by atoms with E-state index in [1.807, 2.05) is 41.0 Å². The lowest BCUT2D eigenvalue weighted by Crippen LogP contribution is -2.04. The summed E-state index contributed by atoms with van der Waals surface area (Å²) in [4.78, 5) is 0. The Labute approximate surface area is 191 Å². The number of fused-ring (bicyclic) bond motifs is 3. The SMILES string of the molecule is COC(c1ccc(Br)cc1)c1cnn2c(-c3ccccc3)c(Br)c3ccccc3c12. The first-order chi connectivity index (χ1) is 14.7. The van der Waals surface area contributed by atoms with Crippen LogP contribution in [0.15, 0.2) is 94.0 Å². The molecular formula is C25H18Br2N2O. The molecule has 0 amide bonds. The van der Waals surface area contributed by atoms with E-state index in [4.69, 9.17) is 9.84 Å². The third-order valence-corrected chi connectivity index (χ3v) is 6.71. The fourth-order valence-electron chi connectivity index (χ4n) is 4.02. The van der Waals surface area contributed by atoms with Crippen LogP contribution >= 0.6 is 31.9 Å². The summed E-state index contributed by atoms with van der Waals surface area (Å²) in [6, 6.07) is 27.0. The predicted molar refractivity (Wildman–Crippen MR) is 129 cm³/mol. The summed E-state index contributed by atoms with van der Waals surface area (Å²) in [6.07, 6.45) is 1.71. The highest BCUT2D eigenvalue weighted by atomic mass is 79.9. The Morgan fingerprint density at radius 1 is 0.833 bits per heavy atom. The van der Waals surface area contributed by atoms with Gasteiger partial charge in [0.1, 0.15) is 6.10 Å². The number of nitrogens with zero attached hydrogens (tertiary/aromatic N) is 2. The van der Waals surface area contributed by atoms with Crippen molar-refractivity contribution in [2.45, 2.75) is 6.10 Å². The van der Waals surface area contributed by atoms with Gasteiger partial charge in [0.15, 0.2) is 0 Å². The van der Waals surface area contributed by atoms with E-state index in [9.17, 15) is 0 Å². The Kier molecular flexibility index (Phi) is 5.19. The maximum absolute atomic E-state index is 5.97. The molecule has 0 N–H and O–H groups in total. The van der Waals surface area contributed by atoms with Gasteiger partial charge < -0.3 is 4.74 Å². The summed E-state index contributed by atoms with van der Waals surface area (Å²) in [5.74, 6) is 0. The molecule has 0 radical (unpaired) electrons. The molecule has 0 aliphatic heterocycles. The van der Waals surface area contributed by atoms with Crippen molar-refractivity contribution >= 4 is 48.1 Å². The van der Waals surface area contributed by atoms with E-state index < -0.39 is 0 Å². The van der Waals surface area contributed by atoms with Crippen molar-refractivity contribution in [3.63, 3.8) is 0 Å². The summed E-state index contributed by atoms with van der Waals surface area (Å²) in [5.41, 5.74) is 5.32. The van der Waals surface area contributed by atoms with Crippen molar-refractivity contribution in [1.29, 1.82) is 0 Å². The number of hydrogen-bond acceptors (Lipinski definition) is 2. The van der Waals surface area contributed by atoms with Gasteiger partial charge in [0, 0.05) is 33.5 Å². The summed E-state index contributed by atoms with van der Waals surface area (Å²) in [7, 11) is 1.75. The first-order valence-electron chi connectivity index (χ1n) is 9.60. The summed E-state index contributed by atoms with van der Waals surface area (Å²) >= 11 is 7.38. The van der Waals surface area contributed by atoms with Crippen LogP contribution in [0, 0.1) is 0 Å².